The van der Waals surface area contributed by atoms with Gasteiger partial charge in [0.05, 0.1) is 5.70 Å². The molecule has 0 bridgehead atoms. The largest absolute Gasteiger partial charge is 0.362 e. The topological polar surface area (TPSA) is 72.9 Å². The summed E-state index contributed by atoms with van der Waals surface area (Å²) in [5.41, 5.74) is 0.459. The predicted octanol–water partition coefficient (Wildman–Crippen LogP) is 2.77. The molecule has 0 unspecified atom stereocenters. The number of nitrogens with zero attached hydrogens (tertiary/aromatic N) is 1. The third-order valence-corrected chi connectivity index (χ3v) is 3.55. The summed E-state index contributed by atoms with van der Waals surface area (Å²) in [5, 5.41) is 0.905. The first kappa shape index (κ1) is 19.4. The molecule has 1 amide bonds. The van der Waals surface area contributed by atoms with Gasteiger partial charge in [0.25, 0.3) is 5.91 Å². The highest BCUT2D eigenvalue weighted by molar-refractivity contribution is 5.82. The lowest BCUT2D eigenvalue weighted by atomic mass is 10.0. The number of hydrogen-bond acceptors (Lipinski definition) is 5. The Kier molecular flexibility index (Phi) is 8.55. The molecule has 1 saturated heterocycles. The first-order valence-electron chi connectivity index (χ1n) is 8.21. The van der Waals surface area contributed by atoms with E-state index >= 15 is 0 Å². The third-order valence-electron chi connectivity index (χ3n) is 3.55. The number of carbonyl (C=O) groups is 3. The second kappa shape index (κ2) is 10.2. The fourth-order valence-electron chi connectivity index (χ4n) is 2.25. The predicted molar refractivity (Wildman–Crippen MR) is 85.1 cm³/mol. The molecule has 130 valence electrons. The third kappa shape index (κ3) is 7.93. The normalized spacial score (nSPS) is 14.7. The van der Waals surface area contributed by atoms with Crippen molar-refractivity contribution in [1.82, 2.24) is 5.06 Å². The summed E-state index contributed by atoms with van der Waals surface area (Å²) >= 11 is 0. The molecule has 0 aromatic carbocycles. The van der Waals surface area contributed by atoms with Gasteiger partial charge in [0.1, 0.15) is 13.2 Å². The van der Waals surface area contributed by atoms with E-state index in [1.165, 1.54) is 6.42 Å². The van der Waals surface area contributed by atoms with E-state index in [-0.39, 0.29) is 24.9 Å². The quantitative estimate of drug-likeness (QED) is 0.546. The van der Waals surface area contributed by atoms with Crippen molar-refractivity contribution < 1.29 is 24.0 Å². The van der Waals surface area contributed by atoms with Crippen molar-refractivity contribution in [1.29, 1.82) is 0 Å². The van der Waals surface area contributed by atoms with Crippen LogP contribution >= 0.6 is 0 Å². The minimum atomic E-state index is -0.703. The Balaban J connectivity index is 2.06. The molecule has 1 aliphatic heterocycles. The maximum absolute atomic E-state index is 11.6. The van der Waals surface area contributed by atoms with E-state index in [1.54, 1.807) is 0 Å². The minimum Gasteiger partial charge on any atom is -0.362 e. The van der Waals surface area contributed by atoms with Crippen molar-refractivity contribution in [2.75, 3.05) is 13.2 Å². The van der Waals surface area contributed by atoms with Crippen LogP contribution in [0.15, 0.2) is 12.3 Å². The Bertz CT molecular complexity index is 428. The number of unbranched alkanes of at least 4 members (excludes halogenated alkanes) is 2. The molecule has 0 radical (unpaired) electrons. The molecule has 6 nitrogen and oxygen atoms in total. The fraction of sp³-hybridized carbons (Fsp3) is 0.706. The van der Waals surface area contributed by atoms with Crippen LogP contribution in [0.3, 0.4) is 0 Å². The lowest BCUT2D eigenvalue weighted by Crippen LogP contribution is -2.29. The summed E-state index contributed by atoms with van der Waals surface area (Å²) in [6, 6.07) is 0. The summed E-state index contributed by atoms with van der Waals surface area (Å²) in [5.74, 6) is -0.324. The van der Waals surface area contributed by atoms with Crippen LogP contribution in [0.25, 0.3) is 0 Å². The van der Waals surface area contributed by atoms with E-state index in [9.17, 15) is 14.4 Å². The van der Waals surface area contributed by atoms with Crippen molar-refractivity contribution >= 4 is 17.7 Å². The Morgan fingerprint density at radius 3 is 2.52 bits per heavy atom. The molecule has 1 rings (SSSR count). The number of ketones is 1. The smallest absolute Gasteiger partial charge is 0.358 e. The number of carbonyl (C=O) groups excluding carboxylic acids is 3. The van der Waals surface area contributed by atoms with E-state index in [2.05, 4.69) is 20.4 Å². The van der Waals surface area contributed by atoms with Crippen molar-refractivity contribution in [3.05, 3.63) is 12.3 Å². The van der Waals surface area contributed by atoms with E-state index in [0.717, 1.165) is 24.3 Å². The van der Waals surface area contributed by atoms with Gasteiger partial charge in [-0.05, 0) is 18.8 Å². The highest BCUT2D eigenvalue weighted by atomic mass is 16.7. The molecule has 0 aromatic heterocycles. The average Bonchev–Trinajstić information content (AvgIpc) is 2.78. The molecule has 0 aliphatic carbocycles. The number of rotatable bonds is 11. The Morgan fingerprint density at radius 2 is 1.91 bits per heavy atom. The Morgan fingerprint density at radius 1 is 1.17 bits per heavy atom. The minimum absolute atomic E-state index is 0.0241. The number of allylic oxidation sites excluding steroid dienone is 1. The molecule has 0 atom stereocenters. The van der Waals surface area contributed by atoms with E-state index in [0.29, 0.717) is 30.9 Å². The zero-order valence-corrected chi connectivity index (χ0v) is 14.1. The van der Waals surface area contributed by atoms with Crippen molar-refractivity contribution in [3.63, 3.8) is 0 Å². The molecule has 23 heavy (non-hydrogen) atoms. The van der Waals surface area contributed by atoms with E-state index < -0.39 is 5.97 Å². The van der Waals surface area contributed by atoms with Gasteiger partial charge < -0.3 is 9.57 Å². The van der Waals surface area contributed by atoms with Crippen LogP contribution in [-0.4, -0.2) is 35.9 Å². The standard InChI is InChI=1S/C17H27NO5/c1-13(2)7-5-4-6-8-15(19)11-22-12-17(21)23-18-14(3)9-10-16(18)20/h13H,3-12H2,1-2H3. The first-order valence-corrected chi connectivity index (χ1v) is 8.21. The van der Waals surface area contributed by atoms with Crippen molar-refractivity contribution in [2.45, 2.75) is 58.8 Å². The molecular formula is C17H27NO5. The van der Waals surface area contributed by atoms with Gasteiger partial charge >= 0.3 is 5.97 Å². The number of hydrogen-bond donors (Lipinski definition) is 0. The van der Waals surface area contributed by atoms with Crippen LogP contribution in [0.1, 0.15) is 58.8 Å². The highest BCUT2D eigenvalue weighted by Crippen LogP contribution is 2.20. The maximum atomic E-state index is 11.6. The summed E-state index contributed by atoms with van der Waals surface area (Å²) in [6.45, 7) is 7.55. The monoisotopic (exact) mass is 325 g/mol. The second-order valence-electron chi connectivity index (χ2n) is 6.24. The summed E-state index contributed by atoms with van der Waals surface area (Å²) < 4.78 is 5.04. The molecule has 1 aliphatic rings. The lowest BCUT2D eigenvalue weighted by molar-refractivity contribution is -0.190. The number of ether oxygens (including phenoxy) is 1. The zero-order valence-electron chi connectivity index (χ0n) is 14.1. The summed E-state index contributed by atoms with van der Waals surface area (Å²) in [6.07, 6.45) is 5.44. The summed E-state index contributed by atoms with van der Waals surface area (Å²) in [4.78, 5) is 39.4. The molecule has 6 heteroatoms. The molecule has 1 fully saturated rings. The first-order chi connectivity index (χ1) is 10.9. The number of Topliss-reactive ketones (excluding diaryl/α,β-unsaturated/α-hetero) is 1. The SMILES string of the molecule is C=C1CCC(=O)N1OC(=O)COCC(=O)CCCCCC(C)C. The van der Waals surface area contributed by atoms with Crippen LogP contribution < -0.4 is 0 Å². The van der Waals surface area contributed by atoms with Crippen LogP contribution in [0.2, 0.25) is 0 Å². The number of hydroxylamine groups is 2. The average molecular weight is 325 g/mol. The Hall–Kier alpha value is -1.69. The van der Waals surface area contributed by atoms with Gasteiger partial charge in [-0.2, -0.15) is 0 Å². The van der Waals surface area contributed by atoms with Gasteiger partial charge in [-0.25, -0.2) is 4.79 Å². The summed E-state index contributed by atoms with van der Waals surface area (Å²) in [7, 11) is 0. The fourth-order valence-corrected chi connectivity index (χ4v) is 2.25. The lowest BCUT2D eigenvalue weighted by Gasteiger charge is -2.15. The molecule has 0 saturated carbocycles. The maximum Gasteiger partial charge on any atom is 0.358 e. The van der Waals surface area contributed by atoms with Crippen LogP contribution in [0, 0.1) is 5.92 Å². The molecular weight excluding hydrogens is 298 g/mol. The molecule has 0 spiro atoms. The highest BCUT2D eigenvalue weighted by Gasteiger charge is 2.28. The van der Waals surface area contributed by atoms with Crippen LogP contribution in [0.4, 0.5) is 0 Å². The number of amides is 1. The van der Waals surface area contributed by atoms with Crippen molar-refractivity contribution in [2.24, 2.45) is 5.92 Å². The van der Waals surface area contributed by atoms with Crippen LogP contribution in [-0.2, 0) is 24.0 Å². The van der Waals surface area contributed by atoms with E-state index in [4.69, 9.17) is 9.57 Å². The van der Waals surface area contributed by atoms with Gasteiger partial charge in [-0.15, -0.1) is 5.06 Å². The zero-order chi connectivity index (χ0) is 17.2. The second-order valence-corrected chi connectivity index (χ2v) is 6.24. The Labute approximate surface area is 137 Å². The van der Waals surface area contributed by atoms with Crippen LogP contribution in [0.5, 0.6) is 0 Å². The van der Waals surface area contributed by atoms with Gasteiger partial charge in [-0.1, -0.05) is 39.7 Å². The molecule has 1 heterocycles. The molecule has 0 aromatic rings. The van der Waals surface area contributed by atoms with Gasteiger partial charge in [0.2, 0.25) is 0 Å². The molecule has 0 N–H and O–H groups in total. The van der Waals surface area contributed by atoms with Gasteiger partial charge in [0, 0.05) is 12.8 Å². The van der Waals surface area contributed by atoms with Gasteiger partial charge in [-0.3, -0.25) is 9.59 Å². The van der Waals surface area contributed by atoms with Gasteiger partial charge in [0.15, 0.2) is 5.78 Å². The van der Waals surface area contributed by atoms with Crippen molar-refractivity contribution in [3.8, 4) is 0 Å². The van der Waals surface area contributed by atoms with E-state index in [1.807, 2.05) is 0 Å².